The fraction of sp³-hybridized carbons (Fsp3) is 0.421. The normalized spacial score (nSPS) is 15.2. The van der Waals surface area contributed by atoms with Gasteiger partial charge in [-0.3, -0.25) is 4.79 Å². The van der Waals surface area contributed by atoms with Crippen molar-refractivity contribution in [3.05, 3.63) is 41.2 Å². The molecule has 1 aliphatic carbocycles. The van der Waals surface area contributed by atoms with Crippen LogP contribution in [0, 0.1) is 0 Å². The number of hydrogen-bond donors (Lipinski definition) is 2. The first-order chi connectivity index (χ1) is 12.7. The van der Waals surface area contributed by atoms with Gasteiger partial charge in [-0.2, -0.15) is 0 Å². The highest BCUT2D eigenvalue weighted by molar-refractivity contribution is 6.32. The van der Waals surface area contributed by atoms with E-state index in [4.69, 9.17) is 16.3 Å². The Morgan fingerprint density at radius 1 is 1.19 bits per heavy atom. The highest BCUT2D eigenvalue weighted by Crippen LogP contribution is 2.28. The number of anilines is 2. The van der Waals surface area contributed by atoms with Crippen molar-refractivity contribution in [3.8, 4) is 5.75 Å². The molecular weight excluding hydrogens is 352 g/mol. The summed E-state index contributed by atoms with van der Waals surface area (Å²) in [4.78, 5) is 21.0. The summed E-state index contributed by atoms with van der Waals surface area (Å²) in [6, 6.07) is 7.15. The lowest BCUT2D eigenvalue weighted by molar-refractivity contribution is 0.0928. The van der Waals surface area contributed by atoms with Crippen molar-refractivity contribution in [2.45, 2.75) is 44.6 Å². The van der Waals surface area contributed by atoms with Crippen LogP contribution in [0.3, 0.4) is 0 Å². The van der Waals surface area contributed by atoms with Gasteiger partial charge >= 0.3 is 0 Å². The molecule has 0 radical (unpaired) electrons. The monoisotopic (exact) mass is 374 g/mol. The summed E-state index contributed by atoms with van der Waals surface area (Å²) in [7, 11) is 1.56. The lowest BCUT2D eigenvalue weighted by Crippen LogP contribution is -2.35. The molecule has 1 aromatic heterocycles. The number of benzene rings is 1. The van der Waals surface area contributed by atoms with Gasteiger partial charge < -0.3 is 15.4 Å². The van der Waals surface area contributed by atoms with Gasteiger partial charge in [0.05, 0.1) is 12.1 Å². The molecule has 1 saturated carbocycles. The molecule has 1 aromatic carbocycles. The van der Waals surface area contributed by atoms with Crippen molar-refractivity contribution in [1.82, 2.24) is 15.3 Å². The van der Waals surface area contributed by atoms with Crippen molar-refractivity contribution < 1.29 is 9.53 Å². The Morgan fingerprint density at radius 2 is 1.96 bits per heavy atom. The van der Waals surface area contributed by atoms with Gasteiger partial charge in [-0.1, -0.05) is 37.3 Å². The van der Waals surface area contributed by atoms with Crippen molar-refractivity contribution in [2.24, 2.45) is 0 Å². The smallest absolute Gasteiger partial charge is 0.270 e. The third kappa shape index (κ3) is 4.85. The molecule has 0 unspecified atom stereocenters. The van der Waals surface area contributed by atoms with Gasteiger partial charge in [0, 0.05) is 17.9 Å². The van der Waals surface area contributed by atoms with E-state index in [1.165, 1.54) is 25.7 Å². The lowest BCUT2D eigenvalue weighted by atomic mass is 10.1. The maximum atomic E-state index is 12.5. The highest BCUT2D eigenvalue weighted by atomic mass is 35.5. The number of methoxy groups -OCH3 is 1. The summed E-state index contributed by atoms with van der Waals surface area (Å²) >= 11 is 6.13. The van der Waals surface area contributed by atoms with E-state index in [0.29, 0.717) is 22.4 Å². The fourth-order valence-corrected chi connectivity index (χ4v) is 3.36. The van der Waals surface area contributed by atoms with Crippen molar-refractivity contribution >= 4 is 29.1 Å². The average molecular weight is 375 g/mol. The topological polar surface area (TPSA) is 76.1 Å². The zero-order chi connectivity index (χ0) is 18.4. The van der Waals surface area contributed by atoms with E-state index in [9.17, 15) is 4.79 Å². The largest absolute Gasteiger partial charge is 0.495 e. The second-order valence-electron chi connectivity index (χ2n) is 6.40. The number of nitrogens with zero attached hydrogens (tertiary/aromatic N) is 2. The van der Waals surface area contributed by atoms with Gasteiger partial charge in [0.2, 0.25) is 5.95 Å². The van der Waals surface area contributed by atoms with Crippen LogP contribution in [0.5, 0.6) is 5.75 Å². The molecular formula is C19H23ClN4O2. The van der Waals surface area contributed by atoms with E-state index in [2.05, 4.69) is 20.6 Å². The summed E-state index contributed by atoms with van der Waals surface area (Å²) in [6.07, 6.45) is 8.47. The quantitative estimate of drug-likeness (QED) is 0.761. The standard InChI is InChI=1S/C19H23ClN4O2/c1-26-17-9-8-14(12-15(17)20)23-19-21-11-10-16(24-19)18(25)22-13-6-4-2-3-5-7-13/h8-13H,2-7H2,1H3,(H,22,25)(H,21,23,24). The number of aromatic nitrogens is 2. The molecule has 0 bridgehead atoms. The molecule has 1 amide bonds. The van der Waals surface area contributed by atoms with Gasteiger partial charge in [-0.05, 0) is 37.1 Å². The van der Waals surface area contributed by atoms with Crippen LogP contribution in [0.2, 0.25) is 5.02 Å². The summed E-state index contributed by atoms with van der Waals surface area (Å²) in [5, 5.41) is 6.64. The van der Waals surface area contributed by atoms with Crippen LogP contribution >= 0.6 is 11.6 Å². The second-order valence-corrected chi connectivity index (χ2v) is 6.81. The Kier molecular flexibility index (Phi) is 6.28. The number of ether oxygens (including phenoxy) is 1. The molecule has 0 saturated heterocycles. The molecule has 2 N–H and O–H groups in total. The molecule has 1 aliphatic rings. The molecule has 138 valence electrons. The number of amides is 1. The Balaban J connectivity index is 1.67. The van der Waals surface area contributed by atoms with Gasteiger partial charge in [0.1, 0.15) is 11.4 Å². The van der Waals surface area contributed by atoms with E-state index >= 15 is 0 Å². The fourth-order valence-electron chi connectivity index (χ4n) is 3.10. The minimum absolute atomic E-state index is 0.157. The van der Waals surface area contributed by atoms with Crippen LogP contribution in [-0.4, -0.2) is 29.0 Å². The van der Waals surface area contributed by atoms with Crippen molar-refractivity contribution in [3.63, 3.8) is 0 Å². The predicted molar refractivity (Wildman–Crippen MR) is 102 cm³/mol. The SMILES string of the molecule is COc1ccc(Nc2nccc(C(=O)NC3CCCCCC3)n2)cc1Cl. The van der Waals surface area contributed by atoms with Crippen LogP contribution < -0.4 is 15.4 Å². The van der Waals surface area contributed by atoms with Crippen LogP contribution in [0.25, 0.3) is 0 Å². The molecule has 2 aromatic rings. The van der Waals surface area contributed by atoms with E-state index in [1.807, 2.05) is 6.07 Å². The number of carbonyl (C=O) groups excluding carboxylic acids is 1. The minimum Gasteiger partial charge on any atom is -0.495 e. The highest BCUT2D eigenvalue weighted by Gasteiger charge is 2.17. The molecule has 0 spiro atoms. The number of hydrogen-bond acceptors (Lipinski definition) is 5. The Morgan fingerprint density at radius 3 is 2.65 bits per heavy atom. The second kappa shape index (κ2) is 8.85. The van der Waals surface area contributed by atoms with Crippen LogP contribution in [-0.2, 0) is 0 Å². The molecule has 26 heavy (non-hydrogen) atoms. The minimum atomic E-state index is -0.157. The molecule has 1 fully saturated rings. The molecule has 3 rings (SSSR count). The Labute approximate surface area is 158 Å². The first kappa shape index (κ1) is 18.5. The van der Waals surface area contributed by atoms with Gasteiger partial charge in [-0.25, -0.2) is 9.97 Å². The molecule has 7 heteroatoms. The van der Waals surface area contributed by atoms with Gasteiger partial charge in [0.25, 0.3) is 5.91 Å². The molecule has 1 heterocycles. The number of nitrogens with one attached hydrogen (secondary N) is 2. The van der Waals surface area contributed by atoms with Crippen LogP contribution in [0.1, 0.15) is 49.0 Å². The maximum absolute atomic E-state index is 12.5. The third-order valence-electron chi connectivity index (χ3n) is 4.49. The van der Waals surface area contributed by atoms with Crippen LogP contribution in [0.15, 0.2) is 30.5 Å². The third-order valence-corrected chi connectivity index (χ3v) is 4.78. The van der Waals surface area contributed by atoms with Crippen molar-refractivity contribution in [1.29, 1.82) is 0 Å². The molecule has 0 atom stereocenters. The van der Waals surface area contributed by atoms with Crippen LogP contribution in [0.4, 0.5) is 11.6 Å². The maximum Gasteiger partial charge on any atom is 0.270 e. The summed E-state index contributed by atoms with van der Waals surface area (Å²) in [5.41, 5.74) is 1.07. The summed E-state index contributed by atoms with van der Waals surface area (Å²) < 4.78 is 5.14. The summed E-state index contributed by atoms with van der Waals surface area (Å²) in [6.45, 7) is 0. The molecule has 0 aliphatic heterocycles. The Hall–Kier alpha value is -2.34. The van der Waals surface area contributed by atoms with E-state index in [0.717, 1.165) is 18.5 Å². The molecule has 6 nitrogen and oxygen atoms in total. The van der Waals surface area contributed by atoms with E-state index < -0.39 is 0 Å². The zero-order valence-corrected chi connectivity index (χ0v) is 15.6. The van der Waals surface area contributed by atoms with Gasteiger partial charge in [0.15, 0.2) is 0 Å². The van der Waals surface area contributed by atoms with E-state index in [1.54, 1.807) is 31.5 Å². The lowest BCUT2D eigenvalue weighted by Gasteiger charge is -2.16. The first-order valence-electron chi connectivity index (χ1n) is 8.90. The Bertz CT molecular complexity index is 761. The van der Waals surface area contributed by atoms with Gasteiger partial charge in [-0.15, -0.1) is 0 Å². The van der Waals surface area contributed by atoms with Crippen molar-refractivity contribution in [2.75, 3.05) is 12.4 Å². The number of rotatable bonds is 5. The number of carbonyl (C=O) groups is 1. The zero-order valence-electron chi connectivity index (χ0n) is 14.8. The average Bonchev–Trinajstić information content (AvgIpc) is 2.91. The summed E-state index contributed by atoms with van der Waals surface area (Å²) in [5.74, 6) is 0.782. The predicted octanol–water partition coefficient (Wildman–Crippen LogP) is 4.33. The number of halogens is 1. The first-order valence-corrected chi connectivity index (χ1v) is 9.28. The van der Waals surface area contributed by atoms with E-state index in [-0.39, 0.29) is 11.9 Å².